The van der Waals surface area contributed by atoms with Gasteiger partial charge in [-0.2, -0.15) is 0 Å². The van der Waals surface area contributed by atoms with Crippen LogP contribution in [0.15, 0.2) is 18.2 Å². The van der Waals surface area contributed by atoms with Crippen molar-refractivity contribution in [2.24, 2.45) is 0 Å². The van der Waals surface area contributed by atoms with Crippen LogP contribution in [0.25, 0.3) is 0 Å². The molecule has 0 spiro atoms. The lowest BCUT2D eigenvalue weighted by Crippen LogP contribution is -2.34. The van der Waals surface area contributed by atoms with Crippen molar-refractivity contribution in [1.82, 2.24) is 5.32 Å². The van der Waals surface area contributed by atoms with Crippen LogP contribution in [0.3, 0.4) is 0 Å². The normalized spacial score (nSPS) is 21.0. The van der Waals surface area contributed by atoms with E-state index in [1.807, 2.05) is 5.32 Å². The number of carbonyl (C=O) groups excluding carboxylic acids is 2. The summed E-state index contributed by atoms with van der Waals surface area (Å²) in [5, 5.41) is 21.1. The maximum absolute atomic E-state index is 11.4. The van der Waals surface area contributed by atoms with Crippen LogP contribution in [0, 0.1) is 0 Å². The summed E-state index contributed by atoms with van der Waals surface area (Å²) in [4.78, 5) is 22.3. The zero-order valence-electron chi connectivity index (χ0n) is 12.2. The van der Waals surface area contributed by atoms with E-state index in [1.165, 1.54) is 6.07 Å². The average Bonchev–Trinajstić information content (AvgIpc) is 2.48. The predicted octanol–water partition coefficient (Wildman–Crippen LogP) is 2.62. The largest absolute Gasteiger partial charge is 0.508 e. The number of nitrogens with one attached hydrogen (secondary N) is 1. The molecule has 0 aliphatic heterocycles. The Balaban J connectivity index is 1.85. The maximum Gasteiger partial charge on any atom is 0.416 e. The lowest BCUT2D eigenvalue weighted by atomic mass is 9.82. The minimum Gasteiger partial charge on any atom is -0.508 e. The Labute approximate surface area is 127 Å². The number of phenols is 2. The Bertz CT molecular complexity index is 551. The quantitative estimate of drug-likeness (QED) is 0.775. The second-order valence-electron chi connectivity index (χ2n) is 5.24. The SMILES string of the molecule is COC(=O)NC(=O)O[C@H]1CC[C@H](c2ccc(O)cc2O)CC1. The van der Waals surface area contributed by atoms with Crippen molar-refractivity contribution in [3.63, 3.8) is 0 Å². The van der Waals surface area contributed by atoms with Gasteiger partial charge < -0.3 is 19.7 Å². The van der Waals surface area contributed by atoms with E-state index in [9.17, 15) is 19.8 Å². The van der Waals surface area contributed by atoms with Crippen molar-refractivity contribution in [3.05, 3.63) is 23.8 Å². The fourth-order valence-electron chi connectivity index (χ4n) is 2.68. The van der Waals surface area contributed by atoms with Gasteiger partial charge >= 0.3 is 12.2 Å². The number of methoxy groups -OCH3 is 1. The van der Waals surface area contributed by atoms with Crippen molar-refractivity contribution in [2.75, 3.05) is 7.11 Å². The first-order valence-corrected chi connectivity index (χ1v) is 7.07. The van der Waals surface area contributed by atoms with Crippen LogP contribution in [0.5, 0.6) is 11.5 Å². The van der Waals surface area contributed by atoms with Crippen molar-refractivity contribution in [2.45, 2.75) is 37.7 Å². The molecule has 0 heterocycles. The van der Waals surface area contributed by atoms with Gasteiger partial charge in [0, 0.05) is 6.07 Å². The first kappa shape index (κ1) is 15.9. The van der Waals surface area contributed by atoms with Gasteiger partial charge in [0.05, 0.1) is 7.11 Å². The molecule has 2 rings (SSSR count). The summed E-state index contributed by atoms with van der Waals surface area (Å²) in [6, 6.07) is 4.57. The van der Waals surface area contributed by atoms with Gasteiger partial charge in [0.1, 0.15) is 17.6 Å². The average molecular weight is 309 g/mol. The molecule has 120 valence electrons. The smallest absolute Gasteiger partial charge is 0.416 e. The molecule has 1 aromatic rings. The van der Waals surface area contributed by atoms with Gasteiger partial charge in [-0.25, -0.2) is 14.9 Å². The Hall–Kier alpha value is -2.44. The molecule has 1 aromatic carbocycles. The van der Waals surface area contributed by atoms with E-state index in [0.717, 1.165) is 25.5 Å². The van der Waals surface area contributed by atoms with Crippen LogP contribution in [0.1, 0.15) is 37.2 Å². The summed E-state index contributed by atoms with van der Waals surface area (Å²) in [6.45, 7) is 0. The van der Waals surface area contributed by atoms with Gasteiger partial charge in [0.2, 0.25) is 0 Å². The number of benzene rings is 1. The third kappa shape index (κ3) is 4.03. The number of phenolic OH excluding ortho intramolecular Hbond substituents is 2. The van der Waals surface area contributed by atoms with E-state index < -0.39 is 12.2 Å². The molecule has 0 radical (unpaired) electrons. The highest BCUT2D eigenvalue weighted by Crippen LogP contribution is 2.39. The van der Waals surface area contributed by atoms with Crippen LogP contribution in [0.4, 0.5) is 9.59 Å². The number of ether oxygens (including phenoxy) is 2. The Morgan fingerprint density at radius 3 is 2.41 bits per heavy atom. The van der Waals surface area contributed by atoms with E-state index in [4.69, 9.17) is 4.74 Å². The van der Waals surface area contributed by atoms with E-state index in [0.29, 0.717) is 12.8 Å². The van der Waals surface area contributed by atoms with Crippen LogP contribution in [-0.4, -0.2) is 35.6 Å². The van der Waals surface area contributed by atoms with E-state index in [-0.39, 0.29) is 23.5 Å². The van der Waals surface area contributed by atoms with Crippen LogP contribution >= 0.6 is 0 Å². The third-order valence-electron chi connectivity index (χ3n) is 3.79. The highest BCUT2D eigenvalue weighted by atomic mass is 16.6. The number of hydrogen-bond donors (Lipinski definition) is 3. The molecule has 1 aliphatic rings. The second kappa shape index (κ2) is 7.02. The molecule has 1 fully saturated rings. The zero-order chi connectivity index (χ0) is 16.1. The first-order valence-electron chi connectivity index (χ1n) is 7.07. The number of carbonyl (C=O) groups is 2. The summed E-state index contributed by atoms with van der Waals surface area (Å²) in [6.07, 6.45) is 0.831. The standard InChI is InChI=1S/C15H19NO6/c1-21-14(19)16-15(20)22-11-5-2-9(3-6-11)12-7-4-10(17)8-13(12)18/h4,7-9,11,17-18H,2-3,5-6H2,1H3,(H,16,19,20)/t9-,11-. The van der Waals surface area contributed by atoms with Gasteiger partial charge in [0.15, 0.2) is 0 Å². The van der Waals surface area contributed by atoms with E-state index in [1.54, 1.807) is 12.1 Å². The highest BCUT2D eigenvalue weighted by molar-refractivity contribution is 5.87. The first-order chi connectivity index (χ1) is 10.5. The maximum atomic E-state index is 11.4. The Kier molecular flexibility index (Phi) is 5.08. The van der Waals surface area contributed by atoms with Gasteiger partial charge in [-0.1, -0.05) is 6.07 Å². The minimum atomic E-state index is -0.854. The van der Waals surface area contributed by atoms with E-state index >= 15 is 0 Å². The summed E-state index contributed by atoms with van der Waals surface area (Å²) in [5.41, 5.74) is 0.787. The van der Waals surface area contributed by atoms with Crippen LogP contribution in [-0.2, 0) is 9.47 Å². The number of hydrogen-bond acceptors (Lipinski definition) is 6. The second-order valence-corrected chi connectivity index (χ2v) is 5.24. The molecule has 7 heteroatoms. The number of rotatable bonds is 2. The minimum absolute atomic E-state index is 0.0257. The molecule has 2 amide bonds. The molecule has 7 nitrogen and oxygen atoms in total. The summed E-state index contributed by atoms with van der Waals surface area (Å²) in [7, 11) is 1.16. The molecular formula is C15H19NO6. The third-order valence-corrected chi connectivity index (χ3v) is 3.79. The molecule has 1 saturated carbocycles. The molecule has 0 atom stereocenters. The Morgan fingerprint density at radius 1 is 1.14 bits per heavy atom. The predicted molar refractivity (Wildman–Crippen MR) is 76.8 cm³/mol. The van der Waals surface area contributed by atoms with Gasteiger partial charge in [-0.15, -0.1) is 0 Å². The van der Waals surface area contributed by atoms with Crippen molar-refractivity contribution in [3.8, 4) is 11.5 Å². The molecular weight excluding hydrogens is 290 g/mol. The van der Waals surface area contributed by atoms with Crippen LogP contribution in [0.2, 0.25) is 0 Å². The number of imide groups is 1. The van der Waals surface area contributed by atoms with Crippen LogP contribution < -0.4 is 5.32 Å². The molecule has 0 unspecified atom stereocenters. The molecule has 0 saturated heterocycles. The molecule has 22 heavy (non-hydrogen) atoms. The number of aromatic hydroxyl groups is 2. The molecule has 1 aliphatic carbocycles. The number of amides is 2. The molecule has 0 aromatic heterocycles. The highest BCUT2D eigenvalue weighted by Gasteiger charge is 2.27. The summed E-state index contributed by atoms with van der Waals surface area (Å²) in [5.74, 6) is 0.259. The van der Waals surface area contributed by atoms with Crippen molar-refractivity contribution >= 4 is 12.2 Å². The monoisotopic (exact) mass is 309 g/mol. The summed E-state index contributed by atoms with van der Waals surface area (Å²) < 4.78 is 9.45. The lowest BCUT2D eigenvalue weighted by Gasteiger charge is -2.28. The van der Waals surface area contributed by atoms with Crippen molar-refractivity contribution in [1.29, 1.82) is 0 Å². The fourth-order valence-corrected chi connectivity index (χ4v) is 2.68. The fraction of sp³-hybridized carbons (Fsp3) is 0.467. The Morgan fingerprint density at radius 2 is 1.82 bits per heavy atom. The molecule has 3 N–H and O–H groups in total. The zero-order valence-corrected chi connectivity index (χ0v) is 12.2. The van der Waals surface area contributed by atoms with E-state index in [2.05, 4.69) is 4.74 Å². The molecule has 0 bridgehead atoms. The topological polar surface area (TPSA) is 105 Å². The van der Waals surface area contributed by atoms with Gasteiger partial charge in [-0.3, -0.25) is 0 Å². The van der Waals surface area contributed by atoms with Gasteiger partial charge in [-0.05, 0) is 43.2 Å². The number of alkyl carbamates (subject to hydrolysis) is 2. The summed E-state index contributed by atoms with van der Waals surface area (Å²) >= 11 is 0. The van der Waals surface area contributed by atoms with Crippen molar-refractivity contribution < 1.29 is 29.3 Å². The lowest BCUT2D eigenvalue weighted by molar-refractivity contribution is 0.0699. The van der Waals surface area contributed by atoms with Gasteiger partial charge in [0.25, 0.3) is 0 Å².